The standard InChI is InChI=1S/C2H8N2.C2H7N.3FH/c3-1-2-4;1-2-3;;;/h1-4H2;2-3H2,1H3;3*1H. The highest BCUT2D eigenvalue weighted by Gasteiger charge is 1.54. The van der Waals surface area contributed by atoms with Crippen molar-refractivity contribution in [2.75, 3.05) is 19.6 Å². The molecular weight excluding hydrogens is 147 g/mol. The highest BCUT2D eigenvalue weighted by atomic mass is 19.0. The summed E-state index contributed by atoms with van der Waals surface area (Å²) in [4.78, 5) is 0. The van der Waals surface area contributed by atoms with Crippen LogP contribution in [0.4, 0.5) is 14.1 Å². The molecule has 0 atom stereocenters. The van der Waals surface area contributed by atoms with Crippen LogP contribution in [0.15, 0.2) is 0 Å². The Morgan fingerprint density at radius 3 is 0.900 bits per heavy atom. The van der Waals surface area contributed by atoms with E-state index in [0.29, 0.717) is 13.1 Å². The van der Waals surface area contributed by atoms with E-state index < -0.39 is 0 Å². The van der Waals surface area contributed by atoms with Crippen molar-refractivity contribution in [2.24, 2.45) is 17.2 Å². The minimum atomic E-state index is 0. The van der Waals surface area contributed by atoms with Gasteiger partial charge in [0.1, 0.15) is 0 Å². The lowest BCUT2D eigenvalue weighted by atomic mass is 10.7. The molecule has 70 valence electrons. The van der Waals surface area contributed by atoms with E-state index in [9.17, 15) is 0 Å². The third-order valence-electron chi connectivity index (χ3n) is 0.167. The van der Waals surface area contributed by atoms with Crippen molar-refractivity contribution in [3.05, 3.63) is 0 Å². The Kier molecular flexibility index (Phi) is 238. The first-order valence-corrected chi connectivity index (χ1v) is 2.43. The summed E-state index contributed by atoms with van der Waals surface area (Å²) in [5.74, 6) is 0. The maximum atomic E-state index is 4.90. The van der Waals surface area contributed by atoms with Crippen LogP contribution in [0.2, 0.25) is 0 Å². The number of rotatable bonds is 1. The van der Waals surface area contributed by atoms with E-state index in [-0.39, 0.29) is 14.1 Å². The number of nitrogens with two attached hydrogens (primary N) is 3. The van der Waals surface area contributed by atoms with E-state index in [0.717, 1.165) is 6.54 Å². The molecule has 0 aliphatic carbocycles. The summed E-state index contributed by atoms with van der Waals surface area (Å²) < 4.78 is 0. The summed E-state index contributed by atoms with van der Waals surface area (Å²) in [5, 5.41) is 0. The molecule has 0 aromatic rings. The molecule has 0 spiro atoms. The van der Waals surface area contributed by atoms with Gasteiger partial charge in [0.15, 0.2) is 0 Å². The van der Waals surface area contributed by atoms with Crippen LogP contribution in [0.3, 0.4) is 0 Å². The van der Waals surface area contributed by atoms with Crippen LogP contribution in [0, 0.1) is 0 Å². The van der Waals surface area contributed by atoms with Gasteiger partial charge in [-0.2, -0.15) is 0 Å². The molecule has 0 rings (SSSR count). The van der Waals surface area contributed by atoms with Crippen molar-refractivity contribution in [3.63, 3.8) is 0 Å². The van der Waals surface area contributed by atoms with Gasteiger partial charge in [0.2, 0.25) is 0 Å². The van der Waals surface area contributed by atoms with Gasteiger partial charge in [-0.15, -0.1) is 0 Å². The average molecular weight is 165 g/mol. The quantitative estimate of drug-likeness (QED) is 0.482. The minimum absolute atomic E-state index is 0. The SMILES string of the molecule is CCN.F.F.F.NCCN. The average Bonchev–Trinajstić information content (AvgIpc) is 1.69. The van der Waals surface area contributed by atoms with Crippen LogP contribution in [0.1, 0.15) is 6.92 Å². The molecule has 0 aromatic heterocycles. The summed E-state index contributed by atoms with van der Waals surface area (Å²) >= 11 is 0. The first-order chi connectivity index (χ1) is 3.33. The van der Waals surface area contributed by atoms with Gasteiger partial charge in [0, 0.05) is 13.1 Å². The van der Waals surface area contributed by atoms with E-state index >= 15 is 0 Å². The first kappa shape index (κ1) is 33.3. The highest BCUT2D eigenvalue weighted by molar-refractivity contribution is 4.26. The van der Waals surface area contributed by atoms with E-state index in [1.165, 1.54) is 0 Å². The Balaban J connectivity index is -0.0000000131. The number of halogens is 3. The second-order valence-electron chi connectivity index (χ2n) is 0.986. The summed E-state index contributed by atoms with van der Waals surface area (Å²) in [6, 6.07) is 0. The maximum Gasteiger partial charge on any atom is 0.00461 e. The molecule has 0 saturated heterocycles. The first-order valence-electron chi connectivity index (χ1n) is 2.43. The van der Waals surface area contributed by atoms with Crippen LogP contribution >= 0.6 is 0 Å². The highest BCUT2D eigenvalue weighted by Crippen LogP contribution is 1.24. The predicted molar refractivity (Wildman–Crippen MR) is 40.3 cm³/mol. The molecule has 6 heteroatoms. The van der Waals surface area contributed by atoms with E-state index in [2.05, 4.69) is 0 Å². The van der Waals surface area contributed by atoms with Crippen molar-refractivity contribution < 1.29 is 14.1 Å². The smallest absolute Gasteiger partial charge is 0.00461 e. The van der Waals surface area contributed by atoms with E-state index in [4.69, 9.17) is 17.2 Å². The Hall–Kier alpha value is -0.330. The van der Waals surface area contributed by atoms with Gasteiger partial charge in [-0.1, -0.05) is 6.92 Å². The van der Waals surface area contributed by atoms with Crippen molar-refractivity contribution >= 4 is 0 Å². The van der Waals surface area contributed by atoms with Crippen LogP contribution in [-0.2, 0) is 0 Å². The lowest BCUT2D eigenvalue weighted by Crippen LogP contribution is -2.11. The van der Waals surface area contributed by atoms with E-state index in [1.54, 1.807) is 0 Å². The van der Waals surface area contributed by atoms with Crippen LogP contribution in [0.25, 0.3) is 0 Å². The van der Waals surface area contributed by atoms with Crippen LogP contribution < -0.4 is 17.2 Å². The minimum Gasteiger partial charge on any atom is -0.331 e. The van der Waals surface area contributed by atoms with Gasteiger partial charge in [-0.25, -0.2) is 0 Å². The fraction of sp³-hybridized carbons (Fsp3) is 1.00. The summed E-state index contributed by atoms with van der Waals surface area (Å²) in [6.45, 7) is 3.85. The molecule has 0 fully saturated rings. The van der Waals surface area contributed by atoms with Gasteiger partial charge in [0.25, 0.3) is 0 Å². The Morgan fingerprint density at radius 1 is 0.800 bits per heavy atom. The Bertz CT molecular complexity index is 23.2. The molecule has 10 heavy (non-hydrogen) atoms. The zero-order chi connectivity index (χ0) is 6.12. The van der Waals surface area contributed by atoms with Crippen molar-refractivity contribution in [1.29, 1.82) is 0 Å². The molecule has 0 aromatic carbocycles. The van der Waals surface area contributed by atoms with Crippen LogP contribution in [0.5, 0.6) is 0 Å². The Labute approximate surface area is 59.0 Å². The molecule has 0 bridgehead atoms. The van der Waals surface area contributed by atoms with Crippen molar-refractivity contribution in [1.82, 2.24) is 0 Å². The molecule has 0 aliphatic heterocycles. The second-order valence-corrected chi connectivity index (χ2v) is 0.986. The zero-order valence-electron chi connectivity index (χ0n) is 6.08. The monoisotopic (exact) mass is 165 g/mol. The summed E-state index contributed by atoms with van der Waals surface area (Å²) in [6.07, 6.45) is 0. The summed E-state index contributed by atoms with van der Waals surface area (Å²) in [7, 11) is 0. The van der Waals surface area contributed by atoms with Crippen molar-refractivity contribution in [3.8, 4) is 0 Å². The van der Waals surface area contributed by atoms with E-state index in [1.807, 2.05) is 6.92 Å². The van der Waals surface area contributed by atoms with Gasteiger partial charge in [-0.05, 0) is 6.54 Å². The largest absolute Gasteiger partial charge is 0.331 e. The lowest BCUT2D eigenvalue weighted by Gasteiger charge is -1.72. The van der Waals surface area contributed by atoms with Gasteiger partial charge < -0.3 is 17.2 Å². The molecule has 0 unspecified atom stereocenters. The fourth-order valence-electron chi connectivity index (χ4n) is 0. The molecule has 0 saturated carbocycles. The Morgan fingerprint density at radius 2 is 0.900 bits per heavy atom. The topological polar surface area (TPSA) is 78.1 Å². The molecule has 0 amide bonds. The second kappa shape index (κ2) is 71.5. The molecule has 0 aliphatic rings. The van der Waals surface area contributed by atoms with Crippen LogP contribution in [-0.4, -0.2) is 19.6 Å². The maximum absolute atomic E-state index is 4.90. The molecule has 6 N–H and O–H groups in total. The number of hydrogen-bond acceptors (Lipinski definition) is 3. The van der Waals surface area contributed by atoms with Gasteiger partial charge in [0.05, 0.1) is 0 Å². The van der Waals surface area contributed by atoms with Gasteiger partial charge >= 0.3 is 0 Å². The molecule has 0 heterocycles. The predicted octanol–water partition coefficient (Wildman–Crippen LogP) is -0.674. The lowest BCUT2D eigenvalue weighted by molar-refractivity contribution is 0.976. The third kappa shape index (κ3) is 760. The fourth-order valence-corrected chi connectivity index (χ4v) is 0. The molecule has 3 nitrogen and oxygen atoms in total. The zero-order valence-corrected chi connectivity index (χ0v) is 6.08. The third-order valence-corrected chi connectivity index (χ3v) is 0.167. The normalized spacial score (nSPS) is 4.80. The number of hydrogen-bond donors (Lipinski definition) is 3. The summed E-state index contributed by atoms with van der Waals surface area (Å²) in [5.41, 5.74) is 14.7. The van der Waals surface area contributed by atoms with Gasteiger partial charge in [-0.3, -0.25) is 14.1 Å². The molecular formula is C4H18F3N3. The molecule has 0 radical (unpaired) electrons. The van der Waals surface area contributed by atoms with Crippen molar-refractivity contribution in [2.45, 2.75) is 6.92 Å².